The molecule has 3 aromatic rings. The van der Waals surface area contributed by atoms with E-state index in [1.807, 2.05) is 0 Å². The molecule has 0 unspecified atom stereocenters. The van der Waals surface area contributed by atoms with Gasteiger partial charge in [-0.3, -0.25) is 4.68 Å². The minimum atomic E-state index is -0.554. The van der Waals surface area contributed by atoms with Crippen LogP contribution in [0.4, 0.5) is 5.82 Å². The van der Waals surface area contributed by atoms with Crippen molar-refractivity contribution in [2.75, 3.05) is 0 Å². The van der Waals surface area contributed by atoms with Crippen LogP contribution in [0.5, 0.6) is 11.6 Å². The maximum absolute atomic E-state index is 10.7. The van der Waals surface area contributed by atoms with Crippen LogP contribution < -0.4 is 4.74 Å². The zero-order valence-corrected chi connectivity index (χ0v) is 12.4. The first-order valence-electron chi connectivity index (χ1n) is 6.65. The smallest absolute Gasteiger partial charge is 0.363 e. The number of aryl methyl sites for hydroxylation is 2. The molecule has 0 N–H and O–H groups in total. The van der Waals surface area contributed by atoms with Crippen molar-refractivity contribution >= 4 is 5.82 Å². The third kappa shape index (κ3) is 3.12. The van der Waals surface area contributed by atoms with Crippen LogP contribution in [0.25, 0.3) is 11.4 Å². The first kappa shape index (κ1) is 14.6. The van der Waals surface area contributed by atoms with Crippen molar-refractivity contribution in [2.24, 2.45) is 7.05 Å². The molecule has 3 rings (SSSR count). The first-order valence-corrected chi connectivity index (χ1v) is 6.65. The van der Waals surface area contributed by atoms with Crippen LogP contribution in [-0.4, -0.2) is 29.7 Å². The summed E-state index contributed by atoms with van der Waals surface area (Å²) >= 11 is 0. The Labute approximate surface area is 130 Å². The topological polar surface area (TPSA) is 109 Å². The summed E-state index contributed by atoms with van der Waals surface area (Å²) in [6, 6.07) is 4.37. The van der Waals surface area contributed by atoms with Crippen LogP contribution in [0.1, 0.15) is 5.69 Å². The molecule has 0 aliphatic heterocycles. The van der Waals surface area contributed by atoms with E-state index in [4.69, 9.17) is 4.74 Å². The summed E-state index contributed by atoms with van der Waals surface area (Å²) in [7, 11) is 1.80. The predicted octanol–water partition coefficient (Wildman–Crippen LogP) is 2.28. The van der Waals surface area contributed by atoms with Crippen molar-refractivity contribution in [1.82, 2.24) is 24.7 Å². The highest BCUT2D eigenvalue weighted by atomic mass is 16.6. The maximum Gasteiger partial charge on any atom is 0.363 e. The zero-order chi connectivity index (χ0) is 16.4. The number of rotatable bonds is 4. The van der Waals surface area contributed by atoms with E-state index in [2.05, 4.69) is 20.1 Å². The Hall–Kier alpha value is -3.36. The van der Waals surface area contributed by atoms with E-state index in [9.17, 15) is 10.1 Å². The van der Waals surface area contributed by atoms with Gasteiger partial charge in [-0.05, 0) is 16.0 Å². The number of ether oxygens (including phenoxy) is 1. The van der Waals surface area contributed by atoms with Gasteiger partial charge >= 0.3 is 5.82 Å². The molecule has 3 heterocycles. The lowest BCUT2D eigenvalue weighted by atomic mass is 10.3. The Morgan fingerprint density at radius 1 is 1.26 bits per heavy atom. The molecule has 0 aromatic carbocycles. The van der Waals surface area contributed by atoms with Gasteiger partial charge in [-0.1, -0.05) is 0 Å². The van der Waals surface area contributed by atoms with Crippen molar-refractivity contribution in [1.29, 1.82) is 0 Å². The number of nitrogens with zero attached hydrogens (tertiary/aromatic N) is 6. The van der Waals surface area contributed by atoms with E-state index in [0.717, 1.165) is 5.56 Å². The predicted molar refractivity (Wildman–Crippen MR) is 79.9 cm³/mol. The second kappa shape index (κ2) is 5.79. The molecule has 23 heavy (non-hydrogen) atoms. The number of aromatic nitrogens is 5. The van der Waals surface area contributed by atoms with Crippen molar-refractivity contribution in [3.8, 4) is 23.0 Å². The fourth-order valence-corrected chi connectivity index (χ4v) is 1.93. The lowest BCUT2D eigenvalue weighted by molar-refractivity contribution is -0.389. The monoisotopic (exact) mass is 312 g/mol. The van der Waals surface area contributed by atoms with Crippen molar-refractivity contribution < 1.29 is 9.66 Å². The van der Waals surface area contributed by atoms with E-state index in [-0.39, 0.29) is 5.82 Å². The van der Waals surface area contributed by atoms with Gasteiger partial charge in [-0.2, -0.15) is 10.1 Å². The van der Waals surface area contributed by atoms with Crippen LogP contribution in [0.2, 0.25) is 0 Å². The van der Waals surface area contributed by atoms with Crippen molar-refractivity contribution in [3.05, 3.63) is 52.6 Å². The Bertz CT molecular complexity index is 876. The number of hydrogen-bond donors (Lipinski definition) is 0. The number of hydrogen-bond acceptors (Lipinski definition) is 7. The molecular weight excluding hydrogens is 300 g/mol. The van der Waals surface area contributed by atoms with Crippen LogP contribution in [-0.2, 0) is 7.05 Å². The minimum absolute atomic E-state index is 0.228. The summed E-state index contributed by atoms with van der Waals surface area (Å²) in [4.78, 5) is 22.5. The number of nitro groups is 1. The molecule has 0 atom stereocenters. The molecule has 0 radical (unpaired) electrons. The van der Waals surface area contributed by atoms with Crippen LogP contribution >= 0.6 is 0 Å². The molecule has 0 amide bonds. The molecule has 0 aliphatic carbocycles. The van der Waals surface area contributed by atoms with Gasteiger partial charge in [0.1, 0.15) is 0 Å². The van der Waals surface area contributed by atoms with Gasteiger partial charge in [-0.15, -0.1) is 0 Å². The molecule has 0 spiro atoms. The van der Waals surface area contributed by atoms with Gasteiger partial charge in [0, 0.05) is 38.5 Å². The van der Waals surface area contributed by atoms with E-state index >= 15 is 0 Å². The largest absolute Gasteiger partial charge is 0.435 e. The molecule has 0 saturated heterocycles. The van der Waals surface area contributed by atoms with E-state index < -0.39 is 4.92 Å². The second-order valence-electron chi connectivity index (χ2n) is 4.73. The Balaban J connectivity index is 1.87. The van der Waals surface area contributed by atoms with Gasteiger partial charge < -0.3 is 14.9 Å². The molecular formula is C14H12N6O3. The molecule has 9 nitrogen and oxygen atoms in total. The maximum atomic E-state index is 10.7. The summed E-state index contributed by atoms with van der Waals surface area (Å²) in [6.45, 7) is 1.63. The van der Waals surface area contributed by atoms with E-state index in [1.54, 1.807) is 43.3 Å². The summed E-state index contributed by atoms with van der Waals surface area (Å²) < 4.78 is 7.30. The molecule has 0 fully saturated rings. The van der Waals surface area contributed by atoms with Gasteiger partial charge in [0.15, 0.2) is 17.3 Å². The highest BCUT2D eigenvalue weighted by Crippen LogP contribution is 2.25. The number of pyridine rings is 1. The minimum Gasteiger partial charge on any atom is -0.435 e. The summed E-state index contributed by atoms with van der Waals surface area (Å²) in [5, 5.41) is 14.8. The van der Waals surface area contributed by atoms with Crippen molar-refractivity contribution in [3.63, 3.8) is 0 Å². The molecule has 3 aromatic heterocycles. The van der Waals surface area contributed by atoms with Gasteiger partial charge in [-0.25, -0.2) is 4.98 Å². The first-order chi connectivity index (χ1) is 11.0. The Morgan fingerprint density at radius 3 is 2.74 bits per heavy atom. The normalized spacial score (nSPS) is 10.5. The van der Waals surface area contributed by atoms with Crippen LogP contribution in [0, 0.1) is 17.0 Å². The quantitative estimate of drug-likeness (QED) is 0.537. The third-order valence-corrected chi connectivity index (χ3v) is 3.02. The third-order valence-electron chi connectivity index (χ3n) is 3.02. The Morgan fingerprint density at radius 2 is 2.09 bits per heavy atom. The standard InChI is InChI=1S/C14H12N6O3/c1-9-11(3-4-12(17-9)20(21)22)23-13-5-6-15-14(18-13)10-7-16-19(2)8-10/h3-8H,1-2H3. The van der Waals surface area contributed by atoms with Crippen LogP contribution in [0.15, 0.2) is 36.8 Å². The Kier molecular flexibility index (Phi) is 3.67. The van der Waals surface area contributed by atoms with Crippen molar-refractivity contribution in [2.45, 2.75) is 6.92 Å². The fourth-order valence-electron chi connectivity index (χ4n) is 1.93. The molecule has 9 heteroatoms. The molecule has 116 valence electrons. The highest BCUT2D eigenvalue weighted by molar-refractivity contribution is 5.52. The highest BCUT2D eigenvalue weighted by Gasteiger charge is 2.14. The summed E-state index contributed by atoms with van der Waals surface area (Å²) in [5.41, 5.74) is 1.16. The summed E-state index contributed by atoms with van der Waals surface area (Å²) in [5.74, 6) is 0.959. The molecule has 0 bridgehead atoms. The van der Waals surface area contributed by atoms with E-state index in [1.165, 1.54) is 12.1 Å². The second-order valence-corrected chi connectivity index (χ2v) is 4.73. The zero-order valence-electron chi connectivity index (χ0n) is 12.4. The van der Waals surface area contributed by atoms with Gasteiger partial charge in [0.25, 0.3) is 0 Å². The average molecular weight is 312 g/mol. The lowest BCUT2D eigenvalue weighted by Crippen LogP contribution is -1.98. The fraction of sp³-hybridized carbons (Fsp3) is 0.143. The molecule has 0 saturated carbocycles. The van der Waals surface area contributed by atoms with Crippen LogP contribution in [0.3, 0.4) is 0 Å². The summed E-state index contributed by atoms with van der Waals surface area (Å²) in [6.07, 6.45) is 5.01. The van der Waals surface area contributed by atoms with E-state index in [0.29, 0.717) is 23.1 Å². The van der Waals surface area contributed by atoms with Gasteiger partial charge in [0.2, 0.25) is 5.88 Å². The molecule has 0 aliphatic rings. The lowest BCUT2D eigenvalue weighted by Gasteiger charge is -2.05. The SMILES string of the molecule is Cc1nc([N+](=O)[O-])ccc1Oc1ccnc(-c2cnn(C)c2)n1. The van der Waals surface area contributed by atoms with Gasteiger partial charge in [0.05, 0.1) is 11.8 Å². The average Bonchev–Trinajstić information content (AvgIpc) is 2.96.